The van der Waals surface area contributed by atoms with Crippen LogP contribution in [0.5, 0.6) is 11.5 Å². The molecule has 1 rings (SSSR count). The van der Waals surface area contributed by atoms with E-state index >= 15 is 0 Å². The third-order valence-corrected chi connectivity index (χ3v) is 3.14. The van der Waals surface area contributed by atoms with Gasteiger partial charge in [0.2, 0.25) is 0 Å². The van der Waals surface area contributed by atoms with Gasteiger partial charge in [0.15, 0.2) is 11.5 Å². The first-order valence-electron chi connectivity index (χ1n) is 7.07. The lowest BCUT2D eigenvalue weighted by Crippen LogP contribution is -2.21. The van der Waals surface area contributed by atoms with E-state index in [0.29, 0.717) is 0 Å². The van der Waals surface area contributed by atoms with Gasteiger partial charge in [-0.2, -0.15) is 0 Å². The molecular weight excluding hydrogens is 291 g/mol. The minimum absolute atomic E-state index is 0.0700. The largest absolute Gasteiger partial charge is 0.493 e. The molecule has 0 saturated carbocycles. The van der Waals surface area contributed by atoms with Crippen LogP contribution in [0.3, 0.4) is 0 Å². The zero-order valence-corrected chi connectivity index (χ0v) is 13.2. The Kier molecular flexibility index (Phi) is 6.82. The van der Waals surface area contributed by atoms with E-state index in [1.54, 1.807) is 6.92 Å². The van der Waals surface area contributed by atoms with Crippen LogP contribution in [-0.4, -0.2) is 25.2 Å². The van der Waals surface area contributed by atoms with E-state index in [1.807, 2.05) is 13.8 Å². The van der Waals surface area contributed by atoms with E-state index in [2.05, 4.69) is 0 Å². The van der Waals surface area contributed by atoms with E-state index in [-0.39, 0.29) is 36.4 Å². The van der Waals surface area contributed by atoms with Gasteiger partial charge in [0.05, 0.1) is 20.0 Å². The minimum atomic E-state index is -0.612. The summed E-state index contributed by atoms with van der Waals surface area (Å²) in [5, 5.41) is 0. The maximum absolute atomic E-state index is 13.0. The van der Waals surface area contributed by atoms with Crippen LogP contribution in [0.2, 0.25) is 0 Å². The molecule has 1 aromatic rings. The summed E-state index contributed by atoms with van der Waals surface area (Å²) in [4.78, 5) is 23.3. The van der Waals surface area contributed by atoms with Crippen LogP contribution in [0.25, 0.3) is 0 Å². The molecule has 0 saturated heterocycles. The van der Waals surface area contributed by atoms with Gasteiger partial charge in [-0.3, -0.25) is 9.59 Å². The highest BCUT2D eigenvalue weighted by atomic mass is 19.1. The predicted octanol–water partition coefficient (Wildman–Crippen LogP) is 3.11. The zero-order chi connectivity index (χ0) is 16.7. The lowest BCUT2D eigenvalue weighted by molar-refractivity contribution is -0.152. The van der Waals surface area contributed by atoms with Gasteiger partial charge >= 0.3 is 11.9 Å². The molecular formula is C16H21FO5. The topological polar surface area (TPSA) is 61.8 Å². The highest BCUT2D eigenvalue weighted by molar-refractivity contribution is 5.79. The molecule has 0 N–H and O–H groups in total. The van der Waals surface area contributed by atoms with Crippen LogP contribution in [0.1, 0.15) is 33.6 Å². The lowest BCUT2D eigenvalue weighted by Gasteiger charge is -2.16. The molecule has 1 atom stereocenters. The van der Waals surface area contributed by atoms with Crippen LogP contribution in [0.15, 0.2) is 18.2 Å². The average Bonchev–Trinajstić information content (AvgIpc) is 2.46. The van der Waals surface area contributed by atoms with Gasteiger partial charge in [0, 0.05) is 6.07 Å². The standard InChI is InChI=1S/C16H21FO5/c1-10(2)11(3)21-15(18)7-8-16(19)22-13-6-5-12(17)9-14(13)20-4/h5-6,9-11H,7-8H2,1-4H3. The number of carbonyl (C=O) groups excluding carboxylic acids is 2. The predicted molar refractivity (Wildman–Crippen MR) is 78.2 cm³/mol. The molecule has 0 heterocycles. The third kappa shape index (κ3) is 5.71. The summed E-state index contributed by atoms with van der Waals surface area (Å²) < 4.78 is 28.2. The second-order valence-electron chi connectivity index (χ2n) is 5.21. The van der Waals surface area contributed by atoms with Crippen molar-refractivity contribution in [3.63, 3.8) is 0 Å². The fraction of sp³-hybridized carbons (Fsp3) is 0.500. The normalized spacial score (nSPS) is 11.9. The average molecular weight is 312 g/mol. The van der Waals surface area contributed by atoms with E-state index in [0.717, 1.165) is 12.1 Å². The van der Waals surface area contributed by atoms with Crippen molar-refractivity contribution in [1.29, 1.82) is 0 Å². The third-order valence-electron chi connectivity index (χ3n) is 3.14. The van der Waals surface area contributed by atoms with Crippen LogP contribution in [0, 0.1) is 11.7 Å². The summed E-state index contributed by atoms with van der Waals surface area (Å²) in [5.74, 6) is -1.13. The number of hydrogen-bond acceptors (Lipinski definition) is 5. The summed E-state index contributed by atoms with van der Waals surface area (Å²) in [6.07, 6.45) is -0.399. The Morgan fingerprint density at radius 2 is 1.73 bits per heavy atom. The Labute approximate surface area is 129 Å². The quantitative estimate of drug-likeness (QED) is 0.572. The van der Waals surface area contributed by atoms with Gasteiger partial charge in [-0.25, -0.2) is 4.39 Å². The Hall–Kier alpha value is -2.11. The lowest BCUT2D eigenvalue weighted by atomic mass is 10.1. The first-order valence-corrected chi connectivity index (χ1v) is 7.07. The summed E-state index contributed by atoms with van der Waals surface area (Å²) >= 11 is 0. The molecule has 1 aromatic carbocycles. The fourth-order valence-electron chi connectivity index (χ4n) is 1.51. The molecule has 5 nitrogen and oxygen atoms in total. The number of rotatable bonds is 7. The van der Waals surface area contributed by atoms with E-state index in [9.17, 15) is 14.0 Å². The van der Waals surface area contributed by atoms with Gasteiger partial charge in [0.1, 0.15) is 11.9 Å². The van der Waals surface area contributed by atoms with Gasteiger partial charge in [0.25, 0.3) is 0 Å². The number of methoxy groups -OCH3 is 1. The Bertz CT molecular complexity index is 527. The van der Waals surface area contributed by atoms with Gasteiger partial charge < -0.3 is 14.2 Å². The van der Waals surface area contributed by atoms with E-state index in [1.165, 1.54) is 13.2 Å². The maximum Gasteiger partial charge on any atom is 0.311 e. The van der Waals surface area contributed by atoms with Gasteiger partial charge in [-0.1, -0.05) is 13.8 Å². The fourth-order valence-corrected chi connectivity index (χ4v) is 1.51. The molecule has 22 heavy (non-hydrogen) atoms. The highest BCUT2D eigenvalue weighted by Crippen LogP contribution is 2.27. The molecule has 0 radical (unpaired) electrons. The molecule has 0 bridgehead atoms. The minimum Gasteiger partial charge on any atom is -0.493 e. The van der Waals surface area contributed by atoms with Crippen LogP contribution < -0.4 is 9.47 Å². The number of hydrogen-bond donors (Lipinski definition) is 0. The summed E-state index contributed by atoms with van der Waals surface area (Å²) in [6.45, 7) is 5.67. The van der Waals surface area contributed by atoms with Crippen molar-refractivity contribution in [2.75, 3.05) is 7.11 Å². The molecule has 0 aromatic heterocycles. The monoisotopic (exact) mass is 312 g/mol. The molecule has 0 amide bonds. The molecule has 0 spiro atoms. The number of esters is 2. The van der Waals surface area contributed by atoms with Crippen molar-refractivity contribution in [2.45, 2.75) is 39.7 Å². The Morgan fingerprint density at radius 3 is 2.32 bits per heavy atom. The first kappa shape index (κ1) is 17.9. The molecule has 0 aliphatic rings. The molecule has 122 valence electrons. The molecule has 0 fully saturated rings. The molecule has 6 heteroatoms. The second-order valence-corrected chi connectivity index (χ2v) is 5.21. The number of benzene rings is 1. The van der Waals surface area contributed by atoms with Crippen molar-refractivity contribution in [2.24, 2.45) is 5.92 Å². The summed E-state index contributed by atoms with van der Waals surface area (Å²) in [7, 11) is 1.34. The zero-order valence-electron chi connectivity index (χ0n) is 13.2. The highest BCUT2D eigenvalue weighted by Gasteiger charge is 2.16. The number of halogens is 1. The number of carbonyl (C=O) groups is 2. The maximum atomic E-state index is 13.0. The summed E-state index contributed by atoms with van der Waals surface area (Å²) in [5.41, 5.74) is 0. The van der Waals surface area contributed by atoms with Crippen LogP contribution in [-0.2, 0) is 14.3 Å². The van der Waals surface area contributed by atoms with Crippen molar-refractivity contribution in [3.05, 3.63) is 24.0 Å². The number of ether oxygens (including phenoxy) is 3. The second kappa shape index (κ2) is 8.36. The van der Waals surface area contributed by atoms with Gasteiger partial charge in [-0.05, 0) is 25.0 Å². The first-order chi connectivity index (χ1) is 10.3. The van der Waals surface area contributed by atoms with Crippen molar-refractivity contribution < 1.29 is 28.2 Å². The van der Waals surface area contributed by atoms with E-state index < -0.39 is 17.8 Å². The van der Waals surface area contributed by atoms with Crippen molar-refractivity contribution in [3.8, 4) is 11.5 Å². The molecule has 1 unspecified atom stereocenters. The molecule has 0 aliphatic carbocycles. The smallest absolute Gasteiger partial charge is 0.311 e. The van der Waals surface area contributed by atoms with Crippen LogP contribution in [0.4, 0.5) is 4.39 Å². The Morgan fingerprint density at radius 1 is 1.09 bits per heavy atom. The van der Waals surface area contributed by atoms with E-state index in [4.69, 9.17) is 14.2 Å². The van der Waals surface area contributed by atoms with Crippen molar-refractivity contribution >= 4 is 11.9 Å². The molecule has 0 aliphatic heterocycles. The van der Waals surface area contributed by atoms with Crippen LogP contribution >= 0.6 is 0 Å². The van der Waals surface area contributed by atoms with Gasteiger partial charge in [-0.15, -0.1) is 0 Å². The Balaban J connectivity index is 2.49. The summed E-state index contributed by atoms with van der Waals surface area (Å²) in [6, 6.07) is 3.57. The SMILES string of the molecule is COc1cc(F)ccc1OC(=O)CCC(=O)OC(C)C(C)C. The van der Waals surface area contributed by atoms with Crippen molar-refractivity contribution in [1.82, 2.24) is 0 Å².